The summed E-state index contributed by atoms with van der Waals surface area (Å²) < 4.78 is 5.19. The summed E-state index contributed by atoms with van der Waals surface area (Å²) in [6.45, 7) is 7.79. The number of hydrogen-bond donors (Lipinski definition) is 1. The van der Waals surface area contributed by atoms with Crippen LogP contribution in [0.2, 0.25) is 0 Å². The molecule has 20 heavy (non-hydrogen) atoms. The first kappa shape index (κ1) is 15.3. The van der Waals surface area contributed by atoms with Crippen LogP contribution < -0.4 is 0 Å². The van der Waals surface area contributed by atoms with E-state index in [1.807, 2.05) is 30.1 Å². The van der Waals surface area contributed by atoms with E-state index in [-0.39, 0.29) is 6.10 Å². The van der Waals surface area contributed by atoms with E-state index >= 15 is 0 Å². The highest BCUT2D eigenvalue weighted by atomic mass is 79.9. The van der Waals surface area contributed by atoms with Crippen molar-refractivity contribution in [3.05, 3.63) is 39.9 Å². The zero-order valence-electron chi connectivity index (χ0n) is 12.3. The molecule has 0 bridgehead atoms. The van der Waals surface area contributed by atoms with Crippen molar-refractivity contribution in [3.8, 4) is 0 Å². The van der Waals surface area contributed by atoms with Crippen molar-refractivity contribution in [3.63, 3.8) is 0 Å². The van der Waals surface area contributed by atoms with Gasteiger partial charge in [-0.1, -0.05) is 13.3 Å². The SMILES string of the molecule is CCCC(O)c1ccn(Cc2c(Br)c(C)nn2CC)c1. The predicted molar refractivity (Wildman–Crippen MR) is 83.7 cm³/mol. The lowest BCUT2D eigenvalue weighted by atomic mass is 10.1. The van der Waals surface area contributed by atoms with Gasteiger partial charge in [0.15, 0.2) is 0 Å². The van der Waals surface area contributed by atoms with Gasteiger partial charge < -0.3 is 9.67 Å². The highest BCUT2D eigenvalue weighted by molar-refractivity contribution is 9.10. The van der Waals surface area contributed by atoms with Gasteiger partial charge in [-0.2, -0.15) is 5.10 Å². The molecule has 0 saturated carbocycles. The minimum Gasteiger partial charge on any atom is -0.388 e. The van der Waals surface area contributed by atoms with E-state index in [0.717, 1.165) is 47.4 Å². The molecule has 110 valence electrons. The standard InChI is InChI=1S/C15H22BrN3O/c1-4-6-14(20)12-7-8-18(9-12)10-13-15(16)11(3)17-19(13)5-2/h7-9,14,20H,4-6,10H2,1-3H3. The summed E-state index contributed by atoms with van der Waals surface area (Å²) in [7, 11) is 0. The molecule has 2 heterocycles. The van der Waals surface area contributed by atoms with Crippen molar-refractivity contribution in [2.45, 2.75) is 52.8 Å². The van der Waals surface area contributed by atoms with E-state index in [0.29, 0.717) is 0 Å². The molecule has 1 unspecified atom stereocenters. The van der Waals surface area contributed by atoms with Crippen molar-refractivity contribution in [1.29, 1.82) is 0 Å². The van der Waals surface area contributed by atoms with Crippen LogP contribution in [0.5, 0.6) is 0 Å². The van der Waals surface area contributed by atoms with Gasteiger partial charge in [-0.05, 0) is 47.8 Å². The van der Waals surface area contributed by atoms with Crippen molar-refractivity contribution < 1.29 is 5.11 Å². The number of nitrogens with zero attached hydrogens (tertiary/aromatic N) is 3. The van der Waals surface area contributed by atoms with Gasteiger partial charge in [0.2, 0.25) is 0 Å². The number of rotatable bonds is 6. The Morgan fingerprint density at radius 2 is 2.15 bits per heavy atom. The third-order valence-corrected chi connectivity index (χ3v) is 4.54. The van der Waals surface area contributed by atoms with Gasteiger partial charge in [0, 0.05) is 18.9 Å². The Kier molecular flexibility index (Phi) is 5.05. The van der Waals surface area contributed by atoms with Crippen molar-refractivity contribution in [1.82, 2.24) is 14.3 Å². The fraction of sp³-hybridized carbons (Fsp3) is 0.533. The lowest BCUT2D eigenvalue weighted by Gasteiger charge is -2.08. The average Bonchev–Trinajstić information content (AvgIpc) is 2.99. The van der Waals surface area contributed by atoms with Crippen LogP contribution in [0.3, 0.4) is 0 Å². The second-order valence-electron chi connectivity index (χ2n) is 5.08. The third-order valence-electron chi connectivity index (χ3n) is 3.51. The molecule has 0 aliphatic rings. The number of aryl methyl sites for hydroxylation is 2. The minimum absolute atomic E-state index is 0.359. The Labute approximate surface area is 128 Å². The molecule has 2 aromatic heterocycles. The maximum absolute atomic E-state index is 10.0. The highest BCUT2D eigenvalue weighted by Gasteiger charge is 2.13. The molecule has 0 amide bonds. The third kappa shape index (κ3) is 3.15. The summed E-state index contributed by atoms with van der Waals surface area (Å²) in [5.74, 6) is 0. The van der Waals surface area contributed by atoms with Crippen LogP contribution in [-0.2, 0) is 13.1 Å². The number of halogens is 1. The second kappa shape index (κ2) is 6.59. The van der Waals surface area contributed by atoms with Crippen LogP contribution in [0.15, 0.2) is 22.9 Å². The van der Waals surface area contributed by atoms with Gasteiger partial charge in [-0.15, -0.1) is 0 Å². The first-order chi connectivity index (χ1) is 9.56. The van der Waals surface area contributed by atoms with E-state index in [1.165, 1.54) is 0 Å². The Morgan fingerprint density at radius 3 is 2.80 bits per heavy atom. The summed E-state index contributed by atoms with van der Waals surface area (Å²) in [6, 6.07) is 1.99. The van der Waals surface area contributed by atoms with Crippen LogP contribution in [0, 0.1) is 6.92 Å². The molecule has 0 spiro atoms. The molecule has 4 nitrogen and oxygen atoms in total. The molecule has 0 saturated heterocycles. The topological polar surface area (TPSA) is 43.0 Å². The Morgan fingerprint density at radius 1 is 1.40 bits per heavy atom. The summed E-state index contributed by atoms with van der Waals surface area (Å²) in [6.07, 6.45) is 5.47. The maximum atomic E-state index is 10.0. The molecule has 0 fully saturated rings. The van der Waals surface area contributed by atoms with Crippen LogP contribution in [0.1, 0.15) is 49.7 Å². The summed E-state index contributed by atoms with van der Waals surface area (Å²) in [5.41, 5.74) is 3.17. The fourth-order valence-electron chi connectivity index (χ4n) is 2.39. The average molecular weight is 340 g/mol. The maximum Gasteiger partial charge on any atom is 0.0804 e. The van der Waals surface area contributed by atoms with Crippen LogP contribution in [0.25, 0.3) is 0 Å². The van der Waals surface area contributed by atoms with Crippen molar-refractivity contribution in [2.24, 2.45) is 0 Å². The molecule has 0 aliphatic carbocycles. The second-order valence-corrected chi connectivity index (χ2v) is 5.88. The molecule has 0 aliphatic heterocycles. The van der Waals surface area contributed by atoms with Gasteiger partial charge in [0.05, 0.1) is 28.5 Å². The fourth-order valence-corrected chi connectivity index (χ4v) is 2.80. The smallest absolute Gasteiger partial charge is 0.0804 e. The molecule has 2 rings (SSSR count). The highest BCUT2D eigenvalue weighted by Crippen LogP contribution is 2.23. The Balaban J connectivity index is 2.18. The number of aromatic nitrogens is 3. The molecular formula is C15H22BrN3O. The summed E-state index contributed by atoms with van der Waals surface area (Å²) in [5, 5.41) is 14.5. The van der Waals surface area contributed by atoms with E-state index in [1.54, 1.807) is 0 Å². The number of hydrogen-bond acceptors (Lipinski definition) is 2. The molecule has 1 N–H and O–H groups in total. The monoisotopic (exact) mass is 339 g/mol. The molecule has 2 aromatic rings. The van der Waals surface area contributed by atoms with Gasteiger partial charge in [-0.3, -0.25) is 4.68 Å². The van der Waals surface area contributed by atoms with Gasteiger partial charge >= 0.3 is 0 Å². The Hall–Kier alpha value is -1.07. The zero-order valence-corrected chi connectivity index (χ0v) is 13.9. The predicted octanol–water partition coefficient (Wildman–Crippen LogP) is 3.66. The van der Waals surface area contributed by atoms with Crippen molar-refractivity contribution in [2.75, 3.05) is 0 Å². The summed E-state index contributed by atoms with van der Waals surface area (Å²) in [4.78, 5) is 0. The molecule has 5 heteroatoms. The quantitative estimate of drug-likeness (QED) is 0.872. The number of aliphatic hydroxyl groups excluding tert-OH is 1. The lowest BCUT2D eigenvalue weighted by Crippen LogP contribution is -2.07. The number of aliphatic hydroxyl groups is 1. The van der Waals surface area contributed by atoms with Crippen LogP contribution in [-0.4, -0.2) is 19.5 Å². The van der Waals surface area contributed by atoms with E-state index in [2.05, 4.69) is 39.4 Å². The van der Waals surface area contributed by atoms with E-state index in [4.69, 9.17) is 0 Å². The van der Waals surface area contributed by atoms with Gasteiger partial charge in [0.25, 0.3) is 0 Å². The zero-order chi connectivity index (χ0) is 14.7. The molecule has 0 radical (unpaired) electrons. The molecule has 0 aromatic carbocycles. The lowest BCUT2D eigenvalue weighted by molar-refractivity contribution is 0.166. The molecular weight excluding hydrogens is 318 g/mol. The van der Waals surface area contributed by atoms with E-state index in [9.17, 15) is 5.11 Å². The Bertz CT molecular complexity index is 574. The van der Waals surface area contributed by atoms with Crippen LogP contribution >= 0.6 is 15.9 Å². The minimum atomic E-state index is -0.359. The largest absolute Gasteiger partial charge is 0.388 e. The summed E-state index contributed by atoms with van der Waals surface area (Å²) >= 11 is 3.61. The van der Waals surface area contributed by atoms with Crippen LogP contribution in [0.4, 0.5) is 0 Å². The van der Waals surface area contributed by atoms with Gasteiger partial charge in [-0.25, -0.2) is 0 Å². The van der Waals surface area contributed by atoms with E-state index < -0.39 is 0 Å². The van der Waals surface area contributed by atoms with Crippen molar-refractivity contribution >= 4 is 15.9 Å². The molecule has 1 atom stereocenters. The van der Waals surface area contributed by atoms with Gasteiger partial charge in [0.1, 0.15) is 0 Å². The normalized spacial score (nSPS) is 12.8. The first-order valence-electron chi connectivity index (χ1n) is 7.12. The first-order valence-corrected chi connectivity index (χ1v) is 7.91.